The minimum absolute atomic E-state index is 0.277. The van der Waals surface area contributed by atoms with Crippen LogP contribution in [0.3, 0.4) is 0 Å². The molecule has 1 saturated carbocycles. The molecular weight excluding hydrogens is 239 g/mol. The first-order valence-corrected chi connectivity index (χ1v) is 7.03. The average molecular weight is 260 g/mol. The zero-order valence-electron chi connectivity index (χ0n) is 11.6. The van der Waals surface area contributed by atoms with Crippen LogP contribution in [0.4, 0.5) is 4.39 Å². The molecule has 0 aliphatic heterocycles. The Morgan fingerprint density at radius 3 is 2.89 bits per heavy atom. The Kier molecular flexibility index (Phi) is 4.55. The van der Waals surface area contributed by atoms with Crippen molar-refractivity contribution in [2.45, 2.75) is 45.7 Å². The van der Waals surface area contributed by atoms with E-state index >= 15 is 0 Å². The van der Waals surface area contributed by atoms with Crippen LogP contribution in [0.25, 0.3) is 0 Å². The van der Waals surface area contributed by atoms with Gasteiger partial charge in [-0.2, -0.15) is 5.26 Å². The fraction of sp³-hybridized carbons (Fsp3) is 0.562. The molecule has 1 aliphatic rings. The fourth-order valence-corrected chi connectivity index (χ4v) is 2.93. The van der Waals surface area contributed by atoms with Crippen LogP contribution < -0.4 is 5.32 Å². The highest BCUT2D eigenvalue weighted by Gasteiger charge is 2.26. The second kappa shape index (κ2) is 6.16. The largest absolute Gasteiger partial charge is 0.310 e. The molecule has 0 radical (unpaired) electrons. The predicted molar refractivity (Wildman–Crippen MR) is 73.9 cm³/mol. The lowest BCUT2D eigenvalue weighted by Gasteiger charge is -2.34. The van der Waals surface area contributed by atoms with Gasteiger partial charge in [-0.15, -0.1) is 0 Å². The first-order valence-electron chi connectivity index (χ1n) is 7.03. The molecule has 0 heterocycles. The highest BCUT2D eigenvalue weighted by atomic mass is 19.1. The van der Waals surface area contributed by atoms with Crippen LogP contribution in [0.5, 0.6) is 0 Å². The quantitative estimate of drug-likeness (QED) is 0.901. The summed E-state index contributed by atoms with van der Waals surface area (Å²) in [6.45, 7) is 5.14. The molecule has 1 aromatic carbocycles. The number of hydrogen-bond donors (Lipinski definition) is 1. The van der Waals surface area contributed by atoms with Crippen LogP contribution >= 0.6 is 0 Å². The number of benzene rings is 1. The van der Waals surface area contributed by atoms with Crippen molar-refractivity contribution in [2.24, 2.45) is 11.8 Å². The third-order valence-electron chi connectivity index (χ3n) is 4.45. The van der Waals surface area contributed by atoms with E-state index in [-0.39, 0.29) is 5.82 Å². The number of hydrogen-bond acceptors (Lipinski definition) is 2. The van der Waals surface area contributed by atoms with Crippen molar-refractivity contribution >= 4 is 0 Å². The number of nitrogens with one attached hydrogen (secondary N) is 1. The minimum atomic E-state index is -0.277. The Bertz CT molecular complexity index is 478. The number of nitrogens with zero attached hydrogens (tertiary/aromatic N) is 1. The van der Waals surface area contributed by atoms with Gasteiger partial charge in [-0.05, 0) is 42.0 Å². The van der Waals surface area contributed by atoms with Crippen molar-refractivity contribution in [2.75, 3.05) is 0 Å². The molecule has 1 aromatic rings. The lowest BCUT2D eigenvalue weighted by atomic mass is 9.78. The van der Waals surface area contributed by atoms with E-state index in [4.69, 9.17) is 5.26 Å². The highest BCUT2D eigenvalue weighted by Crippen LogP contribution is 2.29. The normalized spacial score (nSPS) is 26.9. The fourth-order valence-electron chi connectivity index (χ4n) is 2.93. The van der Waals surface area contributed by atoms with Crippen molar-refractivity contribution in [3.05, 3.63) is 35.1 Å². The van der Waals surface area contributed by atoms with Gasteiger partial charge in [0, 0.05) is 12.6 Å². The van der Waals surface area contributed by atoms with Gasteiger partial charge in [0.15, 0.2) is 0 Å². The maximum atomic E-state index is 13.3. The summed E-state index contributed by atoms with van der Waals surface area (Å²) in [6, 6.07) is 6.95. The summed E-state index contributed by atoms with van der Waals surface area (Å²) in [5.74, 6) is 1.09. The molecule has 3 unspecified atom stereocenters. The van der Waals surface area contributed by atoms with E-state index in [1.165, 1.54) is 31.4 Å². The van der Waals surface area contributed by atoms with Gasteiger partial charge in [0.05, 0.1) is 11.6 Å². The molecule has 2 nitrogen and oxygen atoms in total. The smallest absolute Gasteiger partial charge is 0.123 e. The van der Waals surface area contributed by atoms with Crippen LogP contribution in [-0.4, -0.2) is 6.04 Å². The van der Waals surface area contributed by atoms with Gasteiger partial charge >= 0.3 is 0 Å². The molecule has 0 spiro atoms. The van der Waals surface area contributed by atoms with Crippen molar-refractivity contribution in [1.29, 1.82) is 5.26 Å². The van der Waals surface area contributed by atoms with Crippen LogP contribution in [0.15, 0.2) is 18.2 Å². The van der Waals surface area contributed by atoms with E-state index in [0.717, 1.165) is 11.5 Å². The van der Waals surface area contributed by atoms with E-state index in [9.17, 15) is 4.39 Å². The van der Waals surface area contributed by atoms with Crippen molar-refractivity contribution in [3.8, 4) is 6.07 Å². The topological polar surface area (TPSA) is 35.8 Å². The van der Waals surface area contributed by atoms with Gasteiger partial charge in [-0.1, -0.05) is 26.7 Å². The van der Waals surface area contributed by atoms with Gasteiger partial charge < -0.3 is 5.32 Å². The zero-order valence-corrected chi connectivity index (χ0v) is 11.6. The summed E-state index contributed by atoms with van der Waals surface area (Å²) in [5.41, 5.74) is 1.32. The monoisotopic (exact) mass is 260 g/mol. The van der Waals surface area contributed by atoms with Gasteiger partial charge in [-0.3, -0.25) is 0 Å². The molecular formula is C16H21FN2. The molecule has 1 fully saturated rings. The van der Waals surface area contributed by atoms with Gasteiger partial charge in [0.25, 0.3) is 0 Å². The molecule has 0 saturated heterocycles. The van der Waals surface area contributed by atoms with E-state index in [1.807, 2.05) is 0 Å². The lowest BCUT2D eigenvalue weighted by Crippen LogP contribution is -2.40. The summed E-state index contributed by atoms with van der Waals surface area (Å²) < 4.78 is 13.3. The van der Waals surface area contributed by atoms with Crippen molar-refractivity contribution < 1.29 is 4.39 Å². The molecule has 3 atom stereocenters. The molecule has 0 bridgehead atoms. The van der Waals surface area contributed by atoms with Crippen LogP contribution in [-0.2, 0) is 6.54 Å². The first-order chi connectivity index (χ1) is 9.11. The lowest BCUT2D eigenvalue weighted by molar-refractivity contribution is 0.206. The van der Waals surface area contributed by atoms with Gasteiger partial charge in [0.2, 0.25) is 0 Å². The zero-order chi connectivity index (χ0) is 13.8. The molecule has 1 aliphatic carbocycles. The van der Waals surface area contributed by atoms with E-state index < -0.39 is 0 Å². The molecule has 0 aromatic heterocycles. The maximum absolute atomic E-state index is 13.3. The van der Waals surface area contributed by atoms with Gasteiger partial charge in [0.1, 0.15) is 5.82 Å². The van der Waals surface area contributed by atoms with Crippen LogP contribution in [0, 0.1) is 29.0 Å². The molecule has 102 valence electrons. The molecule has 3 heteroatoms. The summed E-state index contributed by atoms with van der Waals surface area (Å²) >= 11 is 0. The first kappa shape index (κ1) is 14.0. The Balaban J connectivity index is 2.02. The molecule has 1 N–H and O–H groups in total. The third kappa shape index (κ3) is 3.33. The van der Waals surface area contributed by atoms with Gasteiger partial charge in [-0.25, -0.2) is 4.39 Å². The summed E-state index contributed by atoms with van der Waals surface area (Å²) in [7, 11) is 0. The maximum Gasteiger partial charge on any atom is 0.123 e. The predicted octanol–water partition coefficient (Wildman–Crippen LogP) is 3.61. The third-order valence-corrected chi connectivity index (χ3v) is 4.45. The number of rotatable bonds is 3. The molecule has 0 amide bonds. The second-order valence-corrected chi connectivity index (χ2v) is 5.67. The van der Waals surface area contributed by atoms with E-state index in [1.54, 1.807) is 6.07 Å². The van der Waals surface area contributed by atoms with Crippen LogP contribution in [0.2, 0.25) is 0 Å². The Morgan fingerprint density at radius 2 is 2.16 bits per heavy atom. The van der Waals surface area contributed by atoms with E-state index in [0.29, 0.717) is 24.1 Å². The van der Waals surface area contributed by atoms with Crippen LogP contribution in [0.1, 0.15) is 44.2 Å². The standard InChI is InChI=1S/C16H21FN2/c1-11-4-3-5-16(12(11)2)19-10-14-8-15(17)7-6-13(14)9-18/h6-8,11-12,16,19H,3-5,10H2,1-2H3. The summed E-state index contributed by atoms with van der Waals surface area (Å²) in [5, 5.41) is 12.5. The Morgan fingerprint density at radius 1 is 1.37 bits per heavy atom. The SMILES string of the molecule is CC1CCCC(NCc2cc(F)ccc2C#N)C1C. The Hall–Kier alpha value is -1.40. The molecule has 19 heavy (non-hydrogen) atoms. The Labute approximate surface area is 114 Å². The highest BCUT2D eigenvalue weighted by molar-refractivity contribution is 5.37. The van der Waals surface area contributed by atoms with Crippen molar-refractivity contribution in [3.63, 3.8) is 0 Å². The minimum Gasteiger partial charge on any atom is -0.310 e. The second-order valence-electron chi connectivity index (χ2n) is 5.67. The average Bonchev–Trinajstić information content (AvgIpc) is 2.40. The number of nitriles is 1. The number of halogens is 1. The van der Waals surface area contributed by atoms with Crippen molar-refractivity contribution in [1.82, 2.24) is 5.32 Å². The molecule has 2 rings (SSSR count). The summed E-state index contributed by atoms with van der Waals surface area (Å²) in [6.07, 6.45) is 3.71. The summed E-state index contributed by atoms with van der Waals surface area (Å²) in [4.78, 5) is 0. The van der Waals surface area contributed by atoms with E-state index in [2.05, 4.69) is 25.2 Å².